The molecule has 0 bridgehead atoms. The minimum absolute atomic E-state index is 0.0357. The molecule has 0 aromatic rings. The van der Waals surface area contributed by atoms with E-state index < -0.39 is 0 Å². The van der Waals surface area contributed by atoms with Crippen molar-refractivity contribution in [2.75, 3.05) is 26.8 Å². The zero-order valence-electron chi connectivity index (χ0n) is 12.5. The fraction of sp³-hybridized carbons (Fsp3) is 0.867. The molecule has 0 aliphatic heterocycles. The predicted molar refractivity (Wildman–Crippen MR) is 76.1 cm³/mol. The molecule has 0 spiro atoms. The molecule has 1 aliphatic rings. The van der Waals surface area contributed by atoms with Crippen LogP contribution in [0.25, 0.3) is 0 Å². The number of amides is 1. The number of methoxy groups -OCH3 is 1. The van der Waals surface area contributed by atoms with E-state index in [0.717, 1.165) is 6.42 Å². The average Bonchev–Trinajstić information content (AvgIpc) is 2.49. The van der Waals surface area contributed by atoms with Gasteiger partial charge in [0.2, 0.25) is 5.91 Å². The van der Waals surface area contributed by atoms with E-state index in [-0.39, 0.29) is 24.9 Å². The summed E-state index contributed by atoms with van der Waals surface area (Å²) in [6.07, 6.45) is 7.98. The van der Waals surface area contributed by atoms with E-state index in [1.54, 1.807) is 4.90 Å². The highest BCUT2D eigenvalue weighted by atomic mass is 16.5. The molecule has 116 valence electrons. The molecule has 0 aromatic carbocycles. The first-order valence-electron chi connectivity index (χ1n) is 7.62. The standard InChI is InChI=1S/C15H27NO4/c1-20-15(19)9-10-16(11-12-17)14(18)8-7-13-5-3-2-4-6-13/h13,17H,2-12H2,1H3. The van der Waals surface area contributed by atoms with E-state index in [9.17, 15) is 9.59 Å². The normalized spacial score (nSPS) is 15.9. The molecule has 0 unspecified atom stereocenters. The third kappa shape index (κ3) is 6.37. The molecular formula is C15H27NO4. The van der Waals surface area contributed by atoms with Crippen LogP contribution in [-0.2, 0) is 14.3 Å². The third-order valence-electron chi connectivity index (χ3n) is 4.03. The van der Waals surface area contributed by atoms with Gasteiger partial charge in [-0.15, -0.1) is 0 Å². The van der Waals surface area contributed by atoms with Crippen molar-refractivity contribution in [1.82, 2.24) is 4.90 Å². The molecule has 0 heterocycles. The van der Waals surface area contributed by atoms with Crippen LogP contribution in [0, 0.1) is 5.92 Å². The highest BCUT2D eigenvalue weighted by Gasteiger charge is 2.18. The van der Waals surface area contributed by atoms with Crippen LogP contribution in [0.4, 0.5) is 0 Å². The zero-order valence-corrected chi connectivity index (χ0v) is 12.5. The monoisotopic (exact) mass is 285 g/mol. The van der Waals surface area contributed by atoms with Gasteiger partial charge in [0, 0.05) is 19.5 Å². The SMILES string of the molecule is COC(=O)CCN(CCO)C(=O)CCC1CCCCC1. The second kappa shape index (κ2) is 9.75. The minimum Gasteiger partial charge on any atom is -0.469 e. The van der Waals surface area contributed by atoms with E-state index in [4.69, 9.17) is 5.11 Å². The number of hydrogen-bond acceptors (Lipinski definition) is 4. The Labute approximate surface area is 121 Å². The number of esters is 1. The molecule has 0 atom stereocenters. The van der Waals surface area contributed by atoms with Crippen LogP contribution >= 0.6 is 0 Å². The lowest BCUT2D eigenvalue weighted by atomic mass is 9.86. The van der Waals surface area contributed by atoms with Gasteiger partial charge in [0.05, 0.1) is 20.1 Å². The smallest absolute Gasteiger partial charge is 0.307 e. The maximum Gasteiger partial charge on any atom is 0.307 e. The van der Waals surface area contributed by atoms with Crippen molar-refractivity contribution >= 4 is 11.9 Å². The molecule has 5 heteroatoms. The van der Waals surface area contributed by atoms with Crippen molar-refractivity contribution in [3.8, 4) is 0 Å². The van der Waals surface area contributed by atoms with Gasteiger partial charge >= 0.3 is 5.97 Å². The van der Waals surface area contributed by atoms with Crippen LogP contribution in [-0.4, -0.2) is 48.7 Å². The van der Waals surface area contributed by atoms with Gasteiger partial charge in [0.25, 0.3) is 0 Å². The molecule has 5 nitrogen and oxygen atoms in total. The summed E-state index contributed by atoms with van der Waals surface area (Å²) in [5.74, 6) is 0.380. The molecule has 1 N–H and O–H groups in total. The zero-order chi connectivity index (χ0) is 14.8. The lowest BCUT2D eigenvalue weighted by Gasteiger charge is -2.24. The Bertz CT molecular complexity index is 300. The largest absolute Gasteiger partial charge is 0.469 e. The summed E-state index contributed by atoms with van der Waals surface area (Å²) in [7, 11) is 1.34. The predicted octanol–water partition coefficient (Wildman–Crippen LogP) is 1.73. The van der Waals surface area contributed by atoms with Crippen LogP contribution in [0.2, 0.25) is 0 Å². The van der Waals surface area contributed by atoms with Gasteiger partial charge in [-0.05, 0) is 12.3 Å². The molecule has 1 aliphatic carbocycles. The van der Waals surface area contributed by atoms with E-state index in [0.29, 0.717) is 25.4 Å². The molecular weight excluding hydrogens is 258 g/mol. The minimum atomic E-state index is -0.326. The van der Waals surface area contributed by atoms with Gasteiger partial charge in [-0.25, -0.2) is 0 Å². The summed E-state index contributed by atoms with van der Waals surface area (Å²) in [6, 6.07) is 0. The molecule has 1 rings (SSSR count). The van der Waals surface area contributed by atoms with E-state index in [1.165, 1.54) is 39.2 Å². The van der Waals surface area contributed by atoms with Crippen molar-refractivity contribution < 1.29 is 19.4 Å². The Hall–Kier alpha value is -1.10. The van der Waals surface area contributed by atoms with Crippen molar-refractivity contribution in [1.29, 1.82) is 0 Å². The molecule has 20 heavy (non-hydrogen) atoms. The van der Waals surface area contributed by atoms with Crippen LogP contribution in [0.3, 0.4) is 0 Å². The number of carbonyl (C=O) groups is 2. The summed E-state index contributed by atoms with van der Waals surface area (Å²) >= 11 is 0. The maximum atomic E-state index is 12.1. The van der Waals surface area contributed by atoms with E-state index in [1.807, 2.05) is 0 Å². The van der Waals surface area contributed by atoms with Crippen LogP contribution in [0.15, 0.2) is 0 Å². The van der Waals surface area contributed by atoms with E-state index in [2.05, 4.69) is 4.74 Å². The number of aliphatic hydroxyl groups is 1. The number of aliphatic hydroxyl groups excluding tert-OH is 1. The third-order valence-corrected chi connectivity index (χ3v) is 4.03. The average molecular weight is 285 g/mol. The highest BCUT2D eigenvalue weighted by molar-refractivity contribution is 5.77. The van der Waals surface area contributed by atoms with Crippen LogP contribution < -0.4 is 0 Å². The van der Waals surface area contributed by atoms with Crippen molar-refractivity contribution in [3.63, 3.8) is 0 Å². The topological polar surface area (TPSA) is 66.8 Å². The molecule has 1 amide bonds. The first-order chi connectivity index (χ1) is 9.67. The van der Waals surface area contributed by atoms with Crippen molar-refractivity contribution in [2.45, 2.75) is 51.4 Å². The lowest BCUT2D eigenvalue weighted by molar-refractivity contribution is -0.142. The van der Waals surface area contributed by atoms with Gasteiger partial charge in [0.1, 0.15) is 0 Å². The summed E-state index contributed by atoms with van der Waals surface area (Å²) < 4.78 is 4.57. The molecule has 0 aromatic heterocycles. The van der Waals surface area contributed by atoms with Crippen molar-refractivity contribution in [2.24, 2.45) is 5.92 Å². The van der Waals surface area contributed by atoms with Gasteiger partial charge in [-0.2, -0.15) is 0 Å². The first kappa shape index (κ1) is 17.0. The Morgan fingerprint density at radius 2 is 1.85 bits per heavy atom. The molecule has 0 radical (unpaired) electrons. The van der Waals surface area contributed by atoms with Gasteiger partial charge < -0.3 is 14.7 Å². The number of ether oxygens (including phenoxy) is 1. The second-order valence-corrected chi connectivity index (χ2v) is 5.47. The first-order valence-corrected chi connectivity index (χ1v) is 7.62. The number of hydrogen-bond donors (Lipinski definition) is 1. The quantitative estimate of drug-likeness (QED) is 0.690. The summed E-state index contributed by atoms with van der Waals surface area (Å²) in [4.78, 5) is 24.8. The van der Waals surface area contributed by atoms with Gasteiger partial charge in [-0.1, -0.05) is 32.1 Å². The summed E-state index contributed by atoms with van der Waals surface area (Å²) in [5.41, 5.74) is 0. The Balaban J connectivity index is 2.32. The van der Waals surface area contributed by atoms with Crippen LogP contribution in [0.1, 0.15) is 51.4 Å². The Kier molecular flexibility index (Phi) is 8.26. The van der Waals surface area contributed by atoms with Crippen molar-refractivity contribution in [3.05, 3.63) is 0 Å². The Morgan fingerprint density at radius 1 is 1.15 bits per heavy atom. The Morgan fingerprint density at radius 3 is 2.45 bits per heavy atom. The number of rotatable bonds is 8. The highest BCUT2D eigenvalue weighted by Crippen LogP contribution is 2.27. The van der Waals surface area contributed by atoms with Gasteiger partial charge in [-0.3, -0.25) is 9.59 Å². The lowest BCUT2D eigenvalue weighted by Crippen LogP contribution is -2.35. The van der Waals surface area contributed by atoms with E-state index >= 15 is 0 Å². The number of nitrogens with zero attached hydrogens (tertiary/aromatic N) is 1. The molecule has 0 saturated heterocycles. The summed E-state index contributed by atoms with van der Waals surface area (Å²) in [5, 5.41) is 9.01. The fourth-order valence-electron chi connectivity index (χ4n) is 2.77. The summed E-state index contributed by atoms with van der Waals surface area (Å²) in [6.45, 7) is 0.549. The van der Waals surface area contributed by atoms with Crippen LogP contribution in [0.5, 0.6) is 0 Å². The van der Waals surface area contributed by atoms with Gasteiger partial charge in [0.15, 0.2) is 0 Å². The molecule has 1 fully saturated rings. The maximum absolute atomic E-state index is 12.1. The number of carbonyl (C=O) groups excluding carboxylic acids is 2. The second-order valence-electron chi connectivity index (χ2n) is 5.47. The molecule has 1 saturated carbocycles. The fourth-order valence-corrected chi connectivity index (χ4v) is 2.77.